The summed E-state index contributed by atoms with van der Waals surface area (Å²) in [5.74, 6) is -0.657. The summed E-state index contributed by atoms with van der Waals surface area (Å²) in [6, 6.07) is 10.5. The second-order valence-electron chi connectivity index (χ2n) is 8.49. The van der Waals surface area contributed by atoms with Gasteiger partial charge in [-0.15, -0.1) is 13.2 Å². The highest BCUT2D eigenvalue weighted by Crippen LogP contribution is 2.35. The van der Waals surface area contributed by atoms with Gasteiger partial charge in [-0.05, 0) is 50.1 Å². The Labute approximate surface area is 220 Å². The van der Waals surface area contributed by atoms with Crippen molar-refractivity contribution in [2.24, 2.45) is 5.73 Å². The molecule has 0 amide bonds. The van der Waals surface area contributed by atoms with E-state index in [0.717, 1.165) is 16.7 Å². The van der Waals surface area contributed by atoms with Crippen LogP contribution >= 0.6 is 0 Å². The lowest BCUT2D eigenvalue weighted by molar-refractivity contribution is -0.274. The zero-order valence-corrected chi connectivity index (χ0v) is 20.9. The minimum Gasteiger partial charge on any atom is -0.493 e. The number of halogens is 6. The number of esters is 1. The van der Waals surface area contributed by atoms with Gasteiger partial charge in [-0.3, -0.25) is 4.79 Å². The van der Waals surface area contributed by atoms with Gasteiger partial charge in [0.1, 0.15) is 23.0 Å². The topological polar surface area (TPSA) is 88.6 Å². The van der Waals surface area contributed by atoms with Crippen molar-refractivity contribution in [2.45, 2.75) is 51.3 Å². The van der Waals surface area contributed by atoms with Gasteiger partial charge in [0.25, 0.3) is 0 Å². The summed E-state index contributed by atoms with van der Waals surface area (Å²) in [6.07, 6.45) is -7.94. The molecule has 0 fully saturated rings. The van der Waals surface area contributed by atoms with Crippen LogP contribution in [0.25, 0.3) is 11.4 Å². The van der Waals surface area contributed by atoms with Crippen LogP contribution in [0.15, 0.2) is 54.7 Å². The summed E-state index contributed by atoms with van der Waals surface area (Å²) >= 11 is 0. The molecular formula is C26H27F6N3O4. The fourth-order valence-electron chi connectivity index (χ4n) is 3.81. The molecule has 0 radical (unpaired) electrons. The van der Waals surface area contributed by atoms with Crippen molar-refractivity contribution < 1.29 is 45.3 Å². The molecule has 7 nitrogen and oxygen atoms in total. The molecule has 3 aromatic rings. The molecule has 2 N–H and O–H groups in total. The maximum absolute atomic E-state index is 13.8. The van der Waals surface area contributed by atoms with Gasteiger partial charge >= 0.3 is 18.5 Å². The minimum absolute atomic E-state index is 0.0668. The number of carbonyl (C=O) groups excluding carboxylic acids is 1. The minimum atomic E-state index is -4.90. The molecule has 0 aliphatic heterocycles. The van der Waals surface area contributed by atoms with Crippen molar-refractivity contribution in [1.82, 2.24) is 9.55 Å². The first-order valence-electron chi connectivity index (χ1n) is 12.0. The average molecular weight is 560 g/mol. The van der Waals surface area contributed by atoms with Crippen LogP contribution in [0, 0.1) is 0 Å². The molecule has 1 heterocycles. The Bertz CT molecular complexity index is 1230. The molecule has 3 rings (SSSR count). The third-order valence-corrected chi connectivity index (χ3v) is 5.50. The van der Waals surface area contributed by atoms with Crippen molar-refractivity contribution in [3.05, 3.63) is 66.0 Å². The van der Waals surface area contributed by atoms with Crippen LogP contribution in [0.5, 0.6) is 11.5 Å². The molecular weight excluding hydrogens is 532 g/mol. The quantitative estimate of drug-likeness (QED) is 0.168. The van der Waals surface area contributed by atoms with Gasteiger partial charge in [0, 0.05) is 17.2 Å². The molecule has 0 aliphatic carbocycles. The molecule has 0 aliphatic rings. The number of nitrogens with zero attached hydrogens (tertiary/aromatic N) is 2. The van der Waals surface area contributed by atoms with Crippen molar-refractivity contribution in [2.75, 3.05) is 13.2 Å². The number of rotatable bonds is 12. The van der Waals surface area contributed by atoms with Crippen LogP contribution in [0.2, 0.25) is 0 Å². The highest BCUT2D eigenvalue weighted by atomic mass is 19.4. The number of hydrogen-bond donors (Lipinski definition) is 1. The van der Waals surface area contributed by atoms with Gasteiger partial charge in [-0.2, -0.15) is 13.2 Å². The largest absolute Gasteiger partial charge is 0.573 e. The second kappa shape index (κ2) is 12.9. The van der Waals surface area contributed by atoms with Gasteiger partial charge in [0.05, 0.1) is 32.4 Å². The third kappa shape index (κ3) is 8.91. The van der Waals surface area contributed by atoms with Crippen molar-refractivity contribution in [1.29, 1.82) is 0 Å². The zero-order chi connectivity index (χ0) is 28.6. The lowest BCUT2D eigenvalue weighted by atomic mass is 10.1. The molecule has 1 atom stereocenters. The van der Waals surface area contributed by atoms with E-state index in [1.54, 1.807) is 31.2 Å². The van der Waals surface area contributed by atoms with E-state index in [0.29, 0.717) is 30.4 Å². The van der Waals surface area contributed by atoms with Crippen LogP contribution < -0.4 is 15.2 Å². The van der Waals surface area contributed by atoms with Crippen LogP contribution in [0.1, 0.15) is 37.4 Å². The van der Waals surface area contributed by atoms with Crippen molar-refractivity contribution in [3.8, 4) is 22.9 Å². The Balaban J connectivity index is 1.77. The maximum Gasteiger partial charge on any atom is 0.573 e. The number of imidazole rings is 1. The summed E-state index contributed by atoms with van der Waals surface area (Å²) < 4.78 is 94.3. The van der Waals surface area contributed by atoms with E-state index in [4.69, 9.17) is 15.2 Å². The number of para-hydroxylation sites is 1. The first kappa shape index (κ1) is 29.8. The Morgan fingerprint density at radius 3 is 2.38 bits per heavy atom. The number of carbonyl (C=O) groups is 1. The van der Waals surface area contributed by atoms with E-state index in [2.05, 4.69) is 9.72 Å². The molecule has 0 saturated heterocycles. The lowest BCUT2D eigenvalue weighted by Gasteiger charge is -2.17. The summed E-state index contributed by atoms with van der Waals surface area (Å²) in [4.78, 5) is 15.4. The molecule has 13 heteroatoms. The van der Waals surface area contributed by atoms with Gasteiger partial charge in [0.15, 0.2) is 0 Å². The molecule has 39 heavy (non-hydrogen) atoms. The molecule has 2 aromatic carbocycles. The number of hydrogen-bond acceptors (Lipinski definition) is 6. The summed E-state index contributed by atoms with van der Waals surface area (Å²) in [5, 5.41) is 0. The standard InChI is InChI=1S/C26H27F6N3O4/c1-2-37-23(36)14-19(33)7-5-13-38-21-8-4-3-6-18(21)16-35-22(25(27,28)29)15-34-24(35)17-9-11-20(12-10-17)39-26(30,31)32/h3-4,6,8-12,15,19H,2,5,7,13-14,16,33H2,1H3/t19-/m1/s1. The molecule has 0 saturated carbocycles. The second-order valence-corrected chi connectivity index (χ2v) is 8.49. The Morgan fingerprint density at radius 1 is 1.05 bits per heavy atom. The predicted octanol–water partition coefficient (Wildman–Crippen LogP) is 5.96. The number of benzene rings is 2. The van der Waals surface area contributed by atoms with E-state index >= 15 is 0 Å². The summed E-state index contributed by atoms with van der Waals surface area (Å²) in [6.45, 7) is 1.89. The monoisotopic (exact) mass is 559 g/mol. The highest BCUT2D eigenvalue weighted by molar-refractivity contribution is 5.70. The summed E-state index contributed by atoms with van der Waals surface area (Å²) in [7, 11) is 0. The predicted molar refractivity (Wildman–Crippen MR) is 129 cm³/mol. The molecule has 0 unspecified atom stereocenters. The lowest BCUT2D eigenvalue weighted by Crippen LogP contribution is -2.25. The first-order chi connectivity index (χ1) is 18.4. The highest BCUT2D eigenvalue weighted by Gasteiger charge is 2.36. The third-order valence-electron chi connectivity index (χ3n) is 5.50. The van der Waals surface area contributed by atoms with Gasteiger partial charge in [0.2, 0.25) is 0 Å². The Hall–Kier alpha value is -3.74. The van der Waals surface area contributed by atoms with Gasteiger partial charge in [-0.1, -0.05) is 18.2 Å². The molecule has 1 aromatic heterocycles. The van der Waals surface area contributed by atoms with Gasteiger partial charge in [-0.25, -0.2) is 4.98 Å². The van der Waals surface area contributed by atoms with Crippen LogP contribution in [-0.4, -0.2) is 41.1 Å². The average Bonchev–Trinajstić information content (AvgIpc) is 3.26. The smallest absolute Gasteiger partial charge is 0.493 e. The van der Waals surface area contributed by atoms with Gasteiger partial charge < -0.3 is 24.5 Å². The van der Waals surface area contributed by atoms with E-state index < -0.39 is 36.0 Å². The number of ether oxygens (including phenoxy) is 3. The van der Waals surface area contributed by atoms with E-state index in [-0.39, 0.29) is 37.6 Å². The van der Waals surface area contributed by atoms with E-state index in [9.17, 15) is 31.1 Å². The summed E-state index contributed by atoms with van der Waals surface area (Å²) in [5.41, 5.74) is 5.49. The SMILES string of the molecule is CCOC(=O)C[C@H](N)CCCOc1ccccc1Cn1c(C(F)(F)F)cnc1-c1ccc(OC(F)(F)F)cc1. The van der Waals surface area contributed by atoms with Crippen molar-refractivity contribution in [3.63, 3.8) is 0 Å². The van der Waals surface area contributed by atoms with Crippen LogP contribution in [0.4, 0.5) is 26.3 Å². The van der Waals surface area contributed by atoms with E-state index in [1.165, 1.54) is 12.1 Å². The Morgan fingerprint density at radius 2 is 1.74 bits per heavy atom. The van der Waals surface area contributed by atoms with E-state index in [1.807, 2.05) is 0 Å². The van der Waals surface area contributed by atoms with Crippen LogP contribution in [0.3, 0.4) is 0 Å². The zero-order valence-electron chi connectivity index (χ0n) is 20.9. The van der Waals surface area contributed by atoms with Crippen molar-refractivity contribution >= 4 is 5.97 Å². The maximum atomic E-state index is 13.8. The molecule has 0 spiro atoms. The van der Waals surface area contributed by atoms with Crippen LogP contribution in [-0.2, 0) is 22.3 Å². The fraction of sp³-hybridized carbons (Fsp3) is 0.385. The Kier molecular flexibility index (Phi) is 9.84. The first-order valence-corrected chi connectivity index (χ1v) is 12.0. The number of aromatic nitrogens is 2. The fourth-order valence-corrected chi connectivity index (χ4v) is 3.81. The number of nitrogens with two attached hydrogens (primary N) is 1. The number of alkyl halides is 6. The molecule has 0 bridgehead atoms. The normalized spacial score (nSPS) is 12.7. The molecule has 212 valence electrons.